The van der Waals surface area contributed by atoms with Crippen LogP contribution in [0.2, 0.25) is 58.9 Å². The van der Waals surface area contributed by atoms with Gasteiger partial charge in [0.2, 0.25) is 0 Å². The Kier molecular flexibility index (Phi) is 22.4. The molecule has 0 saturated carbocycles. The van der Waals surface area contributed by atoms with E-state index in [0.717, 1.165) is 0 Å². The van der Waals surface area contributed by atoms with Crippen LogP contribution in [0.3, 0.4) is 0 Å². The minimum atomic E-state index is -2.48. The van der Waals surface area contributed by atoms with Crippen LogP contribution in [0.4, 0.5) is 0 Å². The minimum absolute atomic E-state index is 0. The van der Waals surface area contributed by atoms with Crippen LogP contribution in [-0.2, 0) is 12.3 Å². The third-order valence-electron chi connectivity index (χ3n) is 2.79. The van der Waals surface area contributed by atoms with Gasteiger partial charge in [0.05, 0.1) is 0 Å². The number of benzene rings is 1. The van der Waals surface area contributed by atoms with Crippen molar-refractivity contribution in [1.29, 1.82) is 0 Å². The first-order valence-electron chi connectivity index (χ1n) is 7.89. The standard InChI is InChI=1S/C15H32O3Si4.6CH4/c1-19(2,3)16-21(7,8)18-22(9,17-20(4,5)6)15-13-11-10-12-14-15;;;;;;/h10-14H,1-9H3;6*1H4. The molecule has 0 heterocycles. The number of hydrogen-bond donors (Lipinski definition) is 0. The lowest BCUT2D eigenvalue weighted by molar-refractivity contribution is 0.337. The summed E-state index contributed by atoms with van der Waals surface area (Å²) in [5.74, 6) is 0. The van der Waals surface area contributed by atoms with Crippen molar-refractivity contribution in [3.05, 3.63) is 30.3 Å². The van der Waals surface area contributed by atoms with E-state index in [1.165, 1.54) is 5.19 Å². The van der Waals surface area contributed by atoms with Gasteiger partial charge in [-0.05, 0) is 64.1 Å². The van der Waals surface area contributed by atoms with E-state index in [9.17, 15) is 0 Å². The maximum atomic E-state index is 6.67. The highest BCUT2D eigenvalue weighted by molar-refractivity contribution is 6.94. The van der Waals surface area contributed by atoms with Crippen LogP contribution in [0.25, 0.3) is 0 Å². The van der Waals surface area contributed by atoms with Crippen molar-refractivity contribution in [2.24, 2.45) is 0 Å². The van der Waals surface area contributed by atoms with Gasteiger partial charge in [-0.3, -0.25) is 0 Å². The molecule has 7 heteroatoms. The van der Waals surface area contributed by atoms with Gasteiger partial charge in [0.15, 0.2) is 16.6 Å². The molecule has 0 fully saturated rings. The van der Waals surface area contributed by atoms with Crippen molar-refractivity contribution < 1.29 is 12.3 Å². The Balaban J connectivity index is -0.000000202. The molecule has 0 saturated heterocycles. The Hall–Kier alpha value is -0.0325. The average Bonchev–Trinajstić information content (AvgIpc) is 2.22. The van der Waals surface area contributed by atoms with Crippen LogP contribution >= 0.6 is 0 Å². The molecule has 1 aromatic carbocycles. The van der Waals surface area contributed by atoms with Crippen LogP contribution in [0, 0.1) is 0 Å². The molecule has 0 bridgehead atoms. The van der Waals surface area contributed by atoms with Crippen molar-refractivity contribution in [1.82, 2.24) is 0 Å². The van der Waals surface area contributed by atoms with Gasteiger partial charge < -0.3 is 12.3 Å². The van der Waals surface area contributed by atoms with Gasteiger partial charge in [0, 0.05) is 0 Å². The summed E-state index contributed by atoms with van der Waals surface area (Å²) in [7, 11) is -8.07. The van der Waals surface area contributed by atoms with Gasteiger partial charge in [0.1, 0.15) is 0 Å². The molecule has 0 aliphatic rings. The minimum Gasteiger partial charge on any atom is -0.437 e. The molecule has 0 N–H and O–H groups in total. The van der Waals surface area contributed by atoms with E-state index in [4.69, 9.17) is 12.3 Å². The second-order valence-electron chi connectivity index (χ2n) is 8.24. The molecule has 0 aliphatic carbocycles. The summed E-state index contributed by atoms with van der Waals surface area (Å²) in [5, 5.41) is 1.19. The fourth-order valence-electron chi connectivity index (χ4n) is 2.69. The molecule has 0 radical (unpaired) electrons. The van der Waals surface area contributed by atoms with Gasteiger partial charge in [-0.15, -0.1) is 0 Å². The molecule has 1 unspecified atom stereocenters. The molecule has 0 aliphatic heterocycles. The average molecular weight is 469 g/mol. The highest BCUT2D eigenvalue weighted by Crippen LogP contribution is 2.24. The van der Waals surface area contributed by atoms with E-state index in [2.05, 4.69) is 83.2 Å². The summed E-state index contributed by atoms with van der Waals surface area (Å²) in [6.07, 6.45) is 0. The molecule has 0 amide bonds. The predicted octanol–water partition coefficient (Wildman–Crippen LogP) is 8.20. The third-order valence-corrected chi connectivity index (χ3v) is 16.1. The van der Waals surface area contributed by atoms with Crippen LogP contribution in [0.15, 0.2) is 30.3 Å². The largest absolute Gasteiger partial charge is 0.437 e. The molecule has 1 rings (SSSR count). The SMILES string of the molecule is C.C.C.C.C.C.C[Si](C)(C)O[Si](C)(C)O[Si](C)(O[Si](C)(C)C)c1ccccc1. The van der Waals surface area contributed by atoms with Gasteiger partial charge >= 0.3 is 17.1 Å². The fraction of sp³-hybridized carbons (Fsp3) is 0.714. The second-order valence-corrected chi connectivity index (χ2v) is 24.4. The van der Waals surface area contributed by atoms with Crippen molar-refractivity contribution in [3.8, 4) is 0 Å². The van der Waals surface area contributed by atoms with Crippen LogP contribution in [0.1, 0.15) is 44.6 Å². The lowest BCUT2D eigenvalue weighted by Crippen LogP contribution is -2.62. The zero-order valence-corrected chi connectivity index (χ0v) is 19.6. The first-order valence-corrected chi connectivity index (χ1v) is 19.8. The third kappa shape index (κ3) is 15.8. The van der Waals surface area contributed by atoms with E-state index >= 15 is 0 Å². The molecule has 1 atom stereocenters. The maximum Gasteiger partial charge on any atom is 0.350 e. The molecule has 1 aromatic rings. The van der Waals surface area contributed by atoms with E-state index in [-0.39, 0.29) is 44.6 Å². The van der Waals surface area contributed by atoms with Crippen molar-refractivity contribution in [3.63, 3.8) is 0 Å². The summed E-state index contributed by atoms with van der Waals surface area (Å²) in [5.41, 5.74) is 0. The van der Waals surface area contributed by atoms with Crippen LogP contribution in [-0.4, -0.2) is 33.8 Å². The quantitative estimate of drug-likeness (QED) is 0.377. The van der Waals surface area contributed by atoms with Gasteiger partial charge in [0.25, 0.3) is 0 Å². The molecule has 28 heavy (non-hydrogen) atoms. The summed E-state index contributed by atoms with van der Waals surface area (Å²) >= 11 is 0. The Labute approximate surface area is 185 Å². The lowest BCUT2D eigenvalue weighted by Gasteiger charge is -2.41. The maximum absolute atomic E-state index is 6.67. The molecule has 0 aromatic heterocycles. The van der Waals surface area contributed by atoms with Crippen molar-refractivity contribution >= 4 is 38.9 Å². The second kappa shape index (κ2) is 14.9. The van der Waals surface area contributed by atoms with Gasteiger partial charge in [-0.1, -0.05) is 74.9 Å². The van der Waals surface area contributed by atoms with E-state index in [0.29, 0.717) is 0 Å². The highest BCUT2D eigenvalue weighted by atomic mass is 28.5. The Bertz CT molecular complexity index is 483. The van der Waals surface area contributed by atoms with Crippen molar-refractivity contribution in [2.75, 3.05) is 0 Å². The van der Waals surface area contributed by atoms with Crippen molar-refractivity contribution in [2.45, 2.75) is 103 Å². The topological polar surface area (TPSA) is 27.7 Å². The Morgan fingerprint density at radius 1 is 0.500 bits per heavy atom. The van der Waals surface area contributed by atoms with E-state index < -0.39 is 33.8 Å². The first-order chi connectivity index (χ1) is 9.73. The summed E-state index contributed by atoms with van der Waals surface area (Å²) in [6, 6.07) is 10.4. The van der Waals surface area contributed by atoms with Gasteiger partial charge in [-0.25, -0.2) is 0 Å². The Morgan fingerprint density at radius 3 is 1.18 bits per heavy atom. The van der Waals surface area contributed by atoms with E-state index in [1.54, 1.807) is 0 Å². The highest BCUT2D eigenvalue weighted by Gasteiger charge is 2.45. The molecule has 174 valence electrons. The van der Waals surface area contributed by atoms with Crippen LogP contribution in [0.5, 0.6) is 0 Å². The summed E-state index contributed by atoms with van der Waals surface area (Å²) in [6.45, 7) is 19.8. The summed E-state index contributed by atoms with van der Waals surface area (Å²) in [4.78, 5) is 0. The van der Waals surface area contributed by atoms with E-state index in [1.807, 2.05) is 6.07 Å². The fourth-order valence-corrected chi connectivity index (χ4v) is 19.8. The summed E-state index contributed by atoms with van der Waals surface area (Å²) < 4.78 is 19.6. The van der Waals surface area contributed by atoms with Gasteiger partial charge in [-0.2, -0.15) is 0 Å². The Morgan fingerprint density at radius 2 is 0.857 bits per heavy atom. The normalized spacial score (nSPS) is 12.9. The monoisotopic (exact) mass is 468 g/mol. The number of hydrogen-bond acceptors (Lipinski definition) is 3. The molecular weight excluding hydrogens is 413 g/mol. The molecule has 0 spiro atoms. The zero-order chi connectivity index (χ0) is 17.2. The first kappa shape index (κ1) is 42.1. The van der Waals surface area contributed by atoms with Crippen LogP contribution < -0.4 is 5.19 Å². The molecular formula is C21H56O3Si4. The zero-order valence-electron chi connectivity index (χ0n) is 15.6. The number of rotatable bonds is 7. The lowest BCUT2D eigenvalue weighted by atomic mass is 10.4. The molecule has 3 nitrogen and oxygen atoms in total. The predicted molar refractivity (Wildman–Crippen MR) is 146 cm³/mol. The smallest absolute Gasteiger partial charge is 0.350 e.